The average molecular weight is 396 g/mol. The standard InChI is InChI=1S/C16H27O9P/c1-2-3-4-5-7-21-15-10-23-13(9-17)16(15)25-26(19,20)24-11-14-12(18)6-8-22-14/h2-5,12-18H,6-11H2,1H3,(H,19,20)/b3-2+,5-4+/t12-,13-,14-,15?,16+/m1/s1/i8T/t8?,12-,13-,14-,15?,16+. The molecular weight excluding hydrogens is 367 g/mol. The molecule has 3 unspecified atom stereocenters. The number of allylic oxidation sites excluding steroid dienone is 3. The number of phosphoric acid groups is 1. The third kappa shape index (κ3) is 6.53. The van der Waals surface area contributed by atoms with Gasteiger partial charge in [-0.15, -0.1) is 0 Å². The van der Waals surface area contributed by atoms with Crippen LogP contribution < -0.4 is 0 Å². The van der Waals surface area contributed by atoms with Crippen molar-refractivity contribution in [1.29, 1.82) is 0 Å². The molecule has 2 aliphatic heterocycles. The summed E-state index contributed by atoms with van der Waals surface area (Å²) in [7, 11) is -4.53. The zero-order valence-electron chi connectivity index (χ0n) is 15.5. The van der Waals surface area contributed by atoms with Gasteiger partial charge in [0.1, 0.15) is 24.4 Å². The quantitative estimate of drug-likeness (QED) is 0.359. The van der Waals surface area contributed by atoms with Gasteiger partial charge in [0.05, 0.1) is 33.9 Å². The van der Waals surface area contributed by atoms with E-state index in [1.807, 2.05) is 19.1 Å². The molecule has 2 aliphatic rings. The molecule has 2 fully saturated rings. The number of ether oxygens (including phenoxy) is 3. The van der Waals surface area contributed by atoms with Crippen molar-refractivity contribution < 1.29 is 44.3 Å². The first-order valence-corrected chi connectivity index (χ1v) is 9.89. The highest BCUT2D eigenvalue weighted by Crippen LogP contribution is 2.47. The molecule has 9 nitrogen and oxygen atoms in total. The molecule has 2 saturated heterocycles. The lowest BCUT2D eigenvalue weighted by Gasteiger charge is -2.25. The van der Waals surface area contributed by atoms with E-state index < -0.39 is 58.1 Å². The molecule has 0 aromatic rings. The zero-order chi connectivity index (χ0) is 19.9. The number of aliphatic hydroxyl groups excluding tert-OH is 2. The fourth-order valence-electron chi connectivity index (χ4n) is 2.53. The van der Waals surface area contributed by atoms with E-state index in [1.165, 1.54) is 0 Å². The largest absolute Gasteiger partial charge is 0.472 e. The van der Waals surface area contributed by atoms with Gasteiger partial charge in [-0.2, -0.15) is 0 Å². The van der Waals surface area contributed by atoms with Crippen LogP contribution in [0.25, 0.3) is 0 Å². The van der Waals surface area contributed by atoms with Crippen LogP contribution in [0.1, 0.15) is 14.7 Å². The van der Waals surface area contributed by atoms with Gasteiger partial charge < -0.3 is 29.3 Å². The molecule has 3 N–H and O–H groups in total. The molecule has 0 aliphatic carbocycles. The minimum atomic E-state index is -4.53. The Kier molecular flexibility index (Phi) is 8.25. The summed E-state index contributed by atoms with van der Waals surface area (Å²) in [5.74, 6) is 0. The summed E-state index contributed by atoms with van der Waals surface area (Å²) in [6.07, 6.45) is 3.02. The Labute approximate surface area is 154 Å². The van der Waals surface area contributed by atoms with Crippen LogP contribution in [0.4, 0.5) is 0 Å². The highest BCUT2D eigenvalue weighted by atomic mass is 31.2. The van der Waals surface area contributed by atoms with Gasteiger partial charge in [-0.05, 0) is 13.3 Å². The highest BCUT2D eigenvalue weighted by Gasteiger charge is 2.44. The molecule has 0 saturated carbocycles. The van der Waals surface area contributed by atoms with E-state index in [0.717, 1.165) is 0 Å². The van der Waals surface area contributed by atoms with E-state index in [0.29, 0.717) is 0 Å². The minimum Gasteiger partial charge on any atom is -0.394 e. The number of phosphoric ester groups is 1. The van der Waals surface area contributed by atoms with E-state index in [-0.39, 0.29) is 19.6 Å². The molecule has 0 aromatic carbocycles. The molecule has 7 atom stereocenters. The van der Waals surface area contributed by atoms with Gasteiger partial charge in [0.25, 0.3) is 0 Å². The fourth-order valence-corrected chi connectivity index (χ4v) is 3.50. The second-order valence-electron chi connectivity index (χ2n) is 5.86. The third-order valence-corrected chi connectivity index (χ3v) is 4.91. The normalized spacial score (nSPS) is 38.2. The summed E-state index contributed by atoms with van der Waals surface area (Å²) >= 11 is 0. The summed E-state index contributed by atoms with van der Waals surface area (Å²) in [6.45, 7) is 0.495. The molecule has 2 heterocycles. The smallest absolute Gasteiger partial charge is 0.394 e. The van der Waals surface area contributed by atoms with Crippen LogP contribution >= 0.6 is 7.82 Å². The summed E-state index contributed by atoms with van der Waals surface area (Å²) in [6, 6.07) is 0. The average Bonchev–Trinajstić information content (AvgIpc) is 3.14. The first kappa shape index (κ1) is 20.1. The predicted molar refractivity (Wildman–Crippen MR) is 91.5 cm³/mol. The van der Waals surface area contributed by atoms with E-state index >= 15 is 0 Å². The van der Waals surface area contributed by atoms with Gasteiger partial charge in [0, 0.05) is 6.58 Å². The number of aliphatic hydroxyl groups is 2. The molecular formula is C16H27O9P. The molecule has 10 heteroatoms. The van der Waals surface area contributed by atoms with Gasteiger partial charge in [0.2, 0.25) is 0 Å². The molecule has 26 heavy (non-hydrogen) atoms. The van der Waals surface area contributed by atoms with Crippen LogP contribution in [0.2, 0.25) is 0 Å². The van der Waals surface area contributed by atoms with Crippen LogP contribution in [-0.4, -0.2) is 78.6 Å². The highest BCUT2D eigenvalue weighted by molar-refractivity contribution is 7.47. The van der Waals surface area contributed by atoms with E-state index in [2.05, 4.69) is 0 Å². The van der Waals surface area contributed by atoms with Crippen molar-refractivity contribution in [2.45, 2.75) is 43.9 Å². The Morgan fingerprint density at radius 2 is 2.15 bits per heavy atom. The van der Waals surface area contributed by atoms with E-state index in [1.54, 1.807) is 12.2 Å². The van der Waals surface area contributed by atoms with Crippen LogP contribution in [0, 0.1) is 0 Å². The second-order valence-corrected chi connectivity index (χ2v) is 7.26. The van der Waals surface area contributed by atoms with Gasteiger partial charge in [-0.1, -0.05) is 24.3 Å². The van der Waals surface area contributed by atoms with Crippen molar-refractivity contribution in [2.24, 2.45) is 0 Å². The minimum absolute atomic E-state index is 0.0956. The number of rotatable bonds is 10. The Morgan fingerprint density at radius 1 is 1.35 bits per heavy atom. The maximum Gasteiger partial charge on any atom is 0.472 e. The zero-order valence-corrected chi connectivity index (χ0v) is 15.4. The first-order valence-electron chi connectivity index (χ1n) is 8.97. The fraction of sp³-hybridized carbons (Fsp3) is 0.750. The van der Waals surface area contributed by atoms with Crippen LogP contribution in [0.15, 0.2) is 24.3 Å². The Bertz CT molecular complexity index is 558. The molecule has 0 amide bonds. The summed E-state index contributed by atoms with van der Waals surface area (Å²) in [4.78, 5) is 9.97. The summed E-state index contributed by atoms with van der Waals surface area (Å²) < 4.78 is 45.8. The maximum atomic E-state index is 12.2. The Hall–Kier alpha value is -0.610. The topological polar surface area (TPSA) is 124 Å². The van der Waals surface area contributed by atoms with Crippen molar-refractivity contribution in [1.82, 2.24) is 0 Å². The Balaban J connectivity index is 1.88. The lowest BCUT2D eigenvalue weighted by Crippen LogP contribution is -2.36. The van der Waals surface area contributed by atoms with Crippen molar-refractivity contribution in [3.8, 4) is 0 Å². The van der Waals surface area contributed by atoms with E-state index in [9.17, 15) is 19.7 Å². The van der Waals surface area contributed by atoms with Crippen LogP contribution in [-0.2, 0) is 27.8 Å². The molecule has 0 spiro atoms. The van der Waals surface area contributed by atoms with Gasteiger partial charge >= 0.3 is 7.82 Å². The first-order chi connectivity index (χ1) is 12.9. The lowest BCUT2D eigenvalue weighted by atomic mass is 10.1. The molecule has 0 radical (unpaired) electrons. The maximum absolute atomic E-state index is 12.2. The predicted octanol–water partition coefficient (Wildman–Crippen LogP) is 0.547. The SMILES string of the molecule is [3H]C1C[C@@H](O)[C@@H](COP(=O)(O)O[C@@H]2C(OC/C=C/C=C/C)CO[C@@H]2CO)O1. The van der Waals surface area contributed by atoms with Gasteiger partial charge in [0.15, 0.2) is 0 Å². The van der Waals surface area contributed by atoms with Gasteiger partial charge in [-0.3, -0.25) is 9.05 Å². The van der Waals surface area contributed by atoms with Gasteiger partial charge in [-0.25, -0.2) is 4.57 Å². The molecule has 0 bridgehead atoms. The Morgan fingerprint density at radius 3 is 2.81 bits per heavy atom. The summed E-state index contributed by atoms with van der Waals surface area (Å²) in [5.41, 5.74) is 0. The summed E-state index contributed by atoms with van der Waals surface area (Å²) in [5, 5.41) is 19.1. The van der Waals surface area contributed by atoms with Crippen molar-refractivity contribution in [3.05, 3.63) is 24.3 Å². The molecule has 150 valence electrons. The second kappa shape index (κ2) is 10.7. The van der Waals surface area contributed by atoms with Crippen LogP contribution in [0.5, 0.6) is 0 Å². The van der Waals surface area contributed by atoms with E-state index in [4.69, 9.17) is 24.6 Å². The number of hydrogen-bond donors (Lipinski definition) is 3. The molecule has 2 rings (SSSR count). The van der Waals surface area contributed by atoms with Crippen molar-refractivity contribution >= 4 is 7.82 Å². The molecule has 0 aromatic heterocycles. The lowest BCUT2D eigenvalue weighted by molar-refractivity contribution is -0.0369. The monoisotopic (exact) mass is 396 g/mol. The van der Waals surface area contributed by atoms with Crippen molar-refractivity contribution in [3.63, 3.8) is 0 Å². The number of hydrogen-bond acceptors (Lipinski definition) is 8. The third-order valence-electron chi connectivity index (χ3n) is 3.93. The van der Waals surface area contributed by atoms with Crippen LogP contribution in [0.3, 0.4) is 0 Å². The van der Waals surface area contributed by atoms with Crippen molar-refractivity contribution in [2.75, 3.05) is 33.0 Å².